The second-order valence-corrected chi connectivity index (χ2v) is 7.20. The van der Waals surface area contributed by atoms with E-state index in [9.17, 15) is 13.2 Å². The zero-order chi connectivity index (χ0) is 20.7. The lowest BCUT2D eigenvalue weighted by molar-refractivity contribution is 0.122. The number of anilines is 1. The summed E-state index contributed by atoms with van der Waals surface area (Å²) < 4.78 is 48.9. The van der Waals surface area contributed by atoms with Crippen LogP contribution in [-0.4, -0.2) is 36.1 Å². The molecule has 0 saturated carbocycles. The number of benzene rings is 2. The van der Waals surface area contributed by atoms with Gasteiger partial charge in [0, 0.05) is 48.6 Å². The smallest absolute Gasteiger partial charge is 0.154 e. The molecule has 1 aromatic heterocycles. The number of rotatable bonds is 3. The summed E-state index contributed by atoms with van der Waals surface area (Å²) in [5.74, 6) is -2.97. The molecule has 0 spiro atoms. The van der Waals surface area contributed by atoms with Crippen LogP contribution in [0.15, 0.2) is 42.6 Å². The number of nitrogens with zero attached hydrogens (tertiary/aromatic N) is 3. The van der Waals surface area contributed by atoms with Crippen LogP contribution < -0.4 is 10.2 Å². The first-order chi connectivity index (χ1) is 14.6. The summed E-state index contributed by atoms with van der Waals surface area (Å²) in [6, 6.07) is 9.25. The SMILES string of the molecule is Fc1cc(F)c(-n2nc(-c3ccc(N4CCOCC4)cc3)c3c2C=CNC3)c(F)c1. The molecule has 2 aromatic carbocycles. The number of hydrogen-bond donors (Lipinski definition) is 1. The first-order valence-corrected chi connectivity index (χ1v) is 9.72. The van der Waals surface area contributed by atoms with Gasteiger partial charge in [-0.05, 0) is 24.4 Å². The van der Waals surface area contributed by atoms with E-state index in [1.54, 1.807) is 12.3 Å². The Kier molecular flexibility index (Phi) is 4.71. The Labute approximate surface area is 171 Å². The van der Waals surface area contributed by atoms with Crippen molar-refractivity contribution in [2.24, 2.45) is 0 Å². The molecule has 0 radical (unpaired) electrons. The molecule has 0 atom stereocenters. The summed E-state index contributed by atoms with van der Waals surface area (Å²) >= 11 is 0. The highest BCUT2D eigenvalue weighted by Crippen LogP contribution is 2.32. The number of aromatic nitrogens is 2. The van der Waals surface area contributed by atoms with E-state index in [0.29, 0.717) is 43.3 Å². The van der Waals surface area contributed by atoms with Crippen molar-refractivity contribution in [1.82, 2.24) is 15.1 Å². The minimum Gasteiger partial charge on any atom is -0.387 e. The van der Waals surface area contributed by atoms with Gasteiger partial charge < -0.3 is 15.0 Å². The van der Waals surface area contributed by atoms with Crippen LogP contribution in [0.2, 0.25) is 0 Å². The predicted molar refractivity (Wildman–Crippen MR) is 108 cm³/mol. The van der Waals surface area contributed by atoms with E-state index in [4.69, 9.17) is 4.74 Å². The third-order valence-corrected chi connectivity index (χ3v) is 5.37. The van der Waals surface area contributed by atoms with Gasteiger partial charge in [-0.25, -0.2) is 17.9 Å². The van der Waals surface area contributed by atoms with Crippen molar-refractivity contribution < 1.29 is 17.9 Å². The van der Waals surface area contributed by atoms with Gasteiger partial charge in [-0.1, -0.05) is 12.1 Å². The Balaban J connectivity index is 1.58. The van der Waals surface area contributed by atoms with Gasteiger partial charge in [-0.3, -0.25) is 0 Å². The van der Waals surface area contributed by atoms with Crippen LogP contribution in [-0.2, 0) is 11.3 Å². The lowest BCUT2D eigenvalue weighted by Gasteiger charge is -2.28. The zero-order valence-electron chi connectivity index (χ0n) is 16.0. The zero-order valence-corrected chi connectivity index (χ0v) is 16.0. The molecule has 154 valence electrons. The molecule has 1 fully saturated rings. The second kappa shape index (κ2) is 7.53. The molecule has 5 nitrogen and oxygen atoms in total. The lowest BCUT2D eigenvalue weighted by atomic mass is 10.0. The molecule has 2 aliphatic rings. The Morgan fingerprint density at radius 1 is 0.967 bits per heavy atom. The van der Waals surface area contributed by atoms with Crippen LogP contribution in [0.1, 0.15) is 11.3 Å². The van der Waals surface area contributed by atoms with Gasteiger partial charge in [0.15, 0.2) is 11.6 Å². The van der Waals surface area contributed by atoms with Crippen molar-refractivity contribution in [3.63, 3.8) is 0 Å². The van der Waals surface area contributed by atoms with Crippen molar-refractivity contribution in [3.8, 4) is 16.9 Å². The number of hydrogen-bond acceptors (Lipinski definition) is 4. The molecule has 2 aliphatic heterocycles. The predicted octanol–water partition coefficient (Wildman–Crippen LogP) is 3.87. The molecule has 30 heavy (non-hydrogen) atoms. The summed E-state index contributed by atoms with van der Waals surface area (Å²) in [5.41, 5.74) is 3.53. The Morgan fingerprint density at radius 3 is 2.37 bits per heavy atom. The van der Waals surface area contributed by atoms with Gasteiger partial charge in [0.25, 0.3) is 0 Å². The number of fused-ring (bicyclic) bond motifs is 1. The normalized spacial score (nSPS) is 15.8. The largest absolute Gasteiger partial charge is 0.387 e. The highest BCUT2D eigenvalue weighted by Gasteiger charge is 2.24. The summed E-state index contributed by atoms with van der Waals surface area (Å²) in [6.45, 7) is 3.54. The second-order valence-electron chi connectivity index (χ2n) is 7.20. The molecule has 1 saturated heterocycles. The van der Waals surface area contributed by atoms with E-state index in [0.717, 1.165) is 29.9 Å². The fourth-order valence-electron chi connectivity index (χ4n) is 3.90. The number of halogens is 3. The molecular formula is C22H19F3N4O. The molecular weight excluding hydrogens is 393 g/mol. The van der Waals surface area contributed by atoms with Gasteiger partial charge in [0.05, 0.1) is 24.6 Å². The van der Waals surface area contributed by atoms with Crippen LogP contribution in [0, 0.1) is 17.5 Å². The third-order valence-electron chi connectivity index (χ3n) is 5.37. The summed E-state index contributed by atoms with van der Waals surface area (Å²) in [4.78, 5) is 2.24. The first-order valence-electron chi connectivity index (χ1n) is 9.72. The average Bonchev–Trinajstić information content (AvgIpc) is 3.13. The fourth-order valence-corrected chi connectivity index (χ4v) is 3.90. The molecule has 8 heteroatoms. The standard InChI is InChI=1S/C22H19F3N4O/c23-15-11-18(24)22(19(25)12-15)29-20-5-6-26-13-17(20)21(27-29)14-1-3-16(4-2-14)28-7-9-30-10-8-28/h1-6,11-12,26H,7-10,13H2. The van der Waals surface area contributed by atoms with E-state index < -0.39 is 23.1 Å². The Hall–Kier alpha value is -3.26. The molecule has 0 aliphatic carbocycles. The Morgan fingerprint density at radius 2 is 1.67 bits per heavy atom. The van der Waals surface area contributed by atoms with Crippen molar-refractivity contribution >= 4 is 11.8 Å². The fraction of sp³-hybridized carbons (Fsp3) is 0.227. The molecule has 0 unspecified atom stereocenters. The molecule has 0 bridgehead atoms. The third kappa shape index (κ3) is 3.23. The average molecular weight is 412 g/mol. The maximum Gasteiger partial charge on any atom is 0.154 e. The summed E-state index contributed by atoms with van der Waals surface area (Å²) in [7, 11) is 0. The van der Waals surface area contributed by atoms with Crippen molar-refractivity contribution in [1.29, 1.82) is 0 Å². The highest BCUT2D eigenvalue weighted by atomic mass is 19.1. The number of ether oxygens (including phenoxy) is 1. The highest BCUT2D eigenvalue weighted by molar-refractivity contribution is 5.72. The topological polar surface area (TPSA) is 42.3 Å². The van der Waals surface area contributed by atoms with E-state index in [2.05, 4.69) is 15.3 Å². The van der Waals surface area contributed by atoms with E-state index >= 15 is 0 Å². The van der Waals surface area contributed by atoms with Crippen LogP contribution in [0.25, 0.3) is 23.0 Å². The van der Waals surface area contributed by atoms with Crippen LogP contribution in [0.3, 0.4) is 0 Å². The van der Waals surface area contributed by atoms with Crippen LogP contribution in [0.5, 0.6) is 0 Å². The summed E-state index contributed by atoms with van der Waals surface area (Å²) in [6.07, 6.45) is 3.41. The maximum absolute atomic E-state index is 14.4. The van der Waals surface area contributed by atoms with Gasteiger partial charge in [-0.15, -0.1) is 0 Å². The minimum absolute atomic E-state index is 0.393. The monoisotopic (exact) mass is 412 g/mol. The molecule has 1 N–H and O–H groups in total. The van der Waals surface area contributed by atoms with Gasteiger partial charge in [0.1, 0.15) is 11.5 Å². The van der Waals surface area contributed by atoms with Gasteiger partial charge in [-0.2, -0.15) is 5.10 Å². The minimum atomic E-state index is -1.00. The van der Waals surface area contributed by atoms with Crippen molar-refractivity contribution in [2.75, 3.05) is 31.2 Å². The molecule has 0 amide bonds. The molecule has 3 heterocycles. The van der Waals surface area contributed by atoms with Crippen molar-refractivity contribution in [2.45, 2.75) is 6.54 Å². The number of morpholine rings is 1. The maximum atomic E-state index is 14.4. The quantitative estimate of drug-likeness (QED) is 0.709. The Bertz CT molecular complexity index is 1100. The number of nitrogens with one attached hydrogen (secondary N) is 1. The molecule has 5 rings (SSSR count). The van der Waals surface area contributed by atoms with E-state index in [1.807, 2.05) is 24.3 Å². The van der Waals surface area contributed by atoms with Crippen LogP contribution in [0.4, 0.5) is 18.9 Å². The van der Waals surface area contributed by atoms with Gasteiger partial charge >= 0.3 is 0 Å². The van der Waals surface area contributed by atoms with Gasteiger partial charge in [0.2, 0.25) is 0 Å². The van der Waals surface area contributed by atoms with E-state index in [-0.39, 0.29) is 0 Å². The van der Waals surface area contributed by atoms with Crippen LogP contribution >= 0.6 is 0 Å². The lowest BCUT2D eigenvalue weighted by Crippen LogP contribution is -2.36. The first kappa shape index (κ1) is 18.7. The van der Waals surface area contributed by atoms with Crippen molar-refractivity contribution in [3.05, 3.63) is 71.3 Å². The molecule has 3 aromatic rings. The van der Waals surface area contributed by atoms with E-state index in [1.165, 1.54) is 4.68 Å². The summed E-state index contributed by atoms with van der Waals surface area (Å²) in [5, 5.41) is 7.63.